The first kappa shape index (κ1) is 30.3. The van der Waals surface area contributed by atoms with Crippen LogP contribution in [-0.4, -0.2) is 15.0 Å². The summed E-state index contributed by atoms with van der Waals surface area (Å²) in [6, 6.07) is 60.4. The molecule has 11 aromatic rings. The molecule has 3 heterocycles. The molecule has 5 heteroatoms. The second kappa shape index (κ2) is 12.1. The Morgan fingerprint density at radius 1 is 0.296 bits per heavy atom. The van der Waals surface area contributed by atoms with Crippen LogP contribution in [0.5, 0.6) is 0 Å². The highest BCUT2D eigenvalue weighted by Gasteiger charge is 2.19. The monoisotopic (exact) mass is 691 g/mol. The van der Waals surface area contributed by atoms with Crippen LogP contribution in [-0.2, 0) is 0 Å². The molecule has 0 radical (unpaired) electrons. The molecule has 0 atom stereocenters. The molecule has 0 saturated carbocycles. The van der Waals surface area contributed by atoms with E-state index in [1.54, 1.807) is 0 Å². The molecule has 8 aromatic carbocycles. The van der Waals surface area contributed by atoms with Crippen LogP contribution in [0.1, 0.15) is 0 Å². The summed E-state index contributed by atoms with van der Waals surface area (Å²) >= 11 is 0. The molecule has 0 saturated heterocycles. The topological polar surface area (TPSA) is 65.0 Å². The Labute approximate surface area is 309 Å². The van der Waals surface area contributed by atoms with Gasteiger partial charge in [0.05, 0.1) is 0 Å². The third-order valence-electron chi connectivity index (χ3n) is 10.3. The number of benzene rings is 8. The minimum Gasteiger partial charge on any atom is -0.456 e. The van der Waals surface area contributed by atoms with Crippen LogP contribution >= 0.6 is 0 Å². The van der Waals surface area contributed by atoms with Crippen molar-refractivity contribution >= 4 is 54.6 Å². The number of furan rings is 2. The van der Waals surface area contributed by atoms with Crippen molar-refractivity contribution in [1.82, 2.24) is 15.0 Å². The van der Waals surface area contributed by atoms with Gasteiger partial charge in [-0.1, -0.05) is 140 Å². The first-order valence-corrected chi connectivity index (χ1v) is 18.0. The average molecular weight is 692 g/mol. The number of fused-ring (bicyclic) bond motifs is 8. The molecule has 0 unspecified atom stereocenters. The van der Waals surface area contributed by atoms with Crippen molar-refractivity contribution in [2.75, 3.05) is 0 Å². The van der Waals surface area contributed by atoms with Crippen molar-refractivity contribution < 1.29 is 8.83 Å². The van der Waals surface area contributed by atoms with Crippen LogP contribution < -0.4 is 0 Å². The second-order valence-electron chi connectivity index (χ2n) is 13.6. The Balaban J connectivity index is 1.12. The molecule has 5 nitrogen and oxygen atoms in total. The summed E-state index contributed by atoms with van der Waals surface area (Å²) in [6.07, 6.45) is 0. The van der Waals surface area contributed by atoms with Gasteiger partial charge in [-0.2, -0.15) is 0 Å². The second-order valence-corrected chi connectivity index (χ2v) is 13.6. The van der Waals surface area contributed by atoms with Crippen LogP contribution in [0, 0.1) is 0 Å². The largest absolute Gasteiger partial charge is 0.456 e. The zero-order chi connectivity index (χ0) is 35.6. The van der Waals surface area contributed by atoms with Gasteiger partial charge in [-0.3, -0.25) is 0 Å². The summed E-state index contributed by atoms with van der Waals surface area (Å²) < 4.78 is 12.8. The number of para-hydroxylation sites is 1. The maximum atomic E-state index is 6.50. The van der Waals surface area contributed by atoms with Crippen molar-refractivity contribution in [1.29, 1.82) is 0 Å². The van der Waals surface area contributed by atoms with Crippen LogP contribution in [0.4, 0.5) is 0 Å². The minimum absolute atomic E-state index is 0.578. The fraction of sp³-hybridized carbons (Fsp3) is 0. The fourth-order valence-corrected chi connectivity index (χ4v) is 7.70. The Hall–Kier alpha value is -7.37. The predicted molar refractivity (Wildman–Crippen MR) is 219 cm³/mol. The van der Waals surface area contributed by atoms with Gasteiger partial charge in [-0.25, -0.2) is 15.0 Å². The van der Waals surface area contributed by atoms with Crippen LogP contribution in [0.25, 0.3) is 111 Å². The van der Waals surface area contributed by atoms with Crippen molar-refractivity contribution in [2.24, 2.45) is 0 Å². The Morgan fingerprint density at radius 3 is 1.67 bits per heavy atom. The van der Waals surface area contributed by atoms with E-state index in [4.69, 9.17) is 23.8 Å². The van der Waals surface area contributed by atoms with Crippen molar-refractivity contribution in [3.05, 3.63) is 176 Å². The third-order valence-corrected chi connectivity index (χ3v) is 10.3. The predicted octanol–water partition coefficient (Wildman–Crippen LogP) is 13.2. The number of aromatic nitrogens is 3. The zero-order valence-electron chi connectivity index (χ0n) is 28.9. The molecule has 0 spiro atoms. The zero-order valence-corrected chi connectivity index (χ0v) is 28.9. The molecule has 54 heavy (non-hydrogen) atoms. The van der Waals surface area contributed by atoms with E-state index in [2.05, 4.69) is 133 Å². The van der Waals surface area contributed by atoms with Gasteiger partial charge in [-0.05, 0) is 69.4 Å². The third kappa shape index (κ3) is 4.98. The Morgan fingerprint density at radius 2 is 0.852 bits per heavy atom. The molecular formula is C49H29N3O2. The molecule has 11 rings (SSSR count). The molecule has 0 amide bonds. The van der Waals surface area contributed by atoms with Gasteiger partial charge in [0.2, 0.25) is 0 Å². The first-order valence-electron chi connectivity index (χ1n) is 18.0. The lowest BCUT2D eigenvalue weighted by Crippen LogP contribution is -2.00. The van der Waals surface area contributed by atoms with Gasteiger partial charge in [0.1, 0.15) is 22.3 Å². The summed E-state index contributed by atoms with van der Waals surface area (Å²) in [5.41, 5.74) is 10.5. The average Bonchev–Trinajstić information content (AvgIpc) is 3.82. The molecule has 0 aliphatic rings. The molecule has 0 aliphatic heterocycles. The minimum atomic E-state index is 0.578. The van der Waals surface area contributed by atoms with Crippen LogP contribution in [0.2, 0.25) is 0 Å². The van der Waals surface area contributed by atoms with Crippen LogP contribution in [0.3, 0.4) is 0 Å². The Kier molecular flexibility index (Phi) is 6.79. The maximum Gasteiger partial charge on any atom is 0.164 e. The molecule has 252 valence electrons. The standard InChI is InChI=1S/C49H29N3O2/c1-3-10-30(11-4-1)32-18-21-34(22-19-32)47-50-48(36-23-20-33-25-27-43-46(40(33)28-36)37-14-7-8-16-41(37)53-43)52-49(51-47)39-15-9-17-42-45(39)38-26-24-35(29-44(38)54-42)31-12-5-2-6-13-31/h1-29H. The summed E-state index contributed by atoms with van der Waals surface area (Å²) in [7, 11) is 0. The summed E-state index contributed by atoms with van der Waals surface area (Å²) in [5, 5.41) is 6.35. The van der Waals surface area contributed by atoms with E-state index in [-0.39, 0.29) is 0 Å². The molecule has 0 N–H and O–H groups in total. The van der Waals surface area contributed by atoms with Crippen molar-refractivity contribution in [2.45, 2.75) is 0 Å². The highest BCUT2D eigenvalue weighted by atomic mass is 16.3. The smallest absolute Gasteiger partial charge is 0.164 e. The number of nitrogens with zero attached hydrogens (tertiary/aromatic N) is 3. The van der Waals surface area contributed by atoms with Gasteiger partial charge < -0.3 is 8.83 Å². The first-order chi connectivity index (χ1) is 26.7. The van der Waals surface area contributed by atoms with E-state index in [0.29, 0.717) is 17.5 Å². The molecule has 0 bridgehead atoms. The molecule has 0 aliphatic carbocycles. The van der Waals surface area contributed by atoms with E-state index in [1.807, 2.05) is 42.5 Å². The van der Waals surface area contributed by atoms with Crippen molar-refractivity contribution in [3.63, 3.8) is 0 Å². The Bertz CT molecular complexity index is 3200. The number of hydrogen-bond acceptors (Lipinski definition) is 5. The highest BCUT2D eigenvalue weighted by molar-refractivity contribution is 6.19. The number of rotatable bonds is 5. The fourth-order valence-electron chi connectivity index (χ4n) is 7.70. The highest BCUT2D eigenvalue weighted by Crippen LogP contribution is 2.40. The van der Waals surface area contributed by atoms with Crippen LogP contribution in [0.15, 0.2) is 185 Å². The maximum absolute atomic E-state index is 6.50. The van der Waals surface area contributed by atoms with E-state index in [9.17, 15) is 0 Å². The molecule has 3 aromatic heterocycles. The SMILES string of the molecule is c1ccc(-c2ccc(-c3nc(-c4ccc5ccc6oc7ccccc7c6c5c4)nc(-c4cccc5oc6cc(-c7ccccc7)ccc6c45)n3)cc2)cc1. The van der Waals surface area contributed by atoms with Gasteiger partial charge in [-0.15, -0.1) is 0 Å². The molecular weight excluding hydrogens is 663 g/mol. The van der Waals surface area contributed by atoms with Gasteiger partial charge in [0, 0.05) is 38.2 Å². The molecule has 0 fully saturated rings. The normalized spacial score (nSPS) is 11.7. The van der Waals surface area contributed by atoms with Gasteiger partial charge in [0.15, 0.2) is 17.5 Å². The summed E-state index contributed by atoms with van der Waals surface area (Å²) in [6.45, 7) is 0. The summed E-state index contributed by atoms with van der Waals surface area (Å²) in [5.74, 6) is 1.76. The quantitative estimate of drug-likeness (QED) is 0.180. The van der Waals surface area contributed by atoms with E-state index < -0.39 is 0 Å². The van der Waals surface area contributed by atoms with E-state index in [0.717, 1.165) is 93.6 Å². The lowest BCUT2D eigenvalue weighted by atomic mass is 10.0. The van der Waals surface area contributed by atoms with E-state index in [1.165, 1.54) is 0 Å². The lowest BCUT2D eigenvalue weighted by Gasteiger charge is -2.11. The van der Waals surface area contributed by atoms with Crippen molar-refractivity contribution in [3.8, 4) is 56.4 Å². The lowest BCUT2D eigenvalue weighted by molar-refractivity contribution is 0.669. The van der Waals surface area contributed by atoms with E-state index >= 15 is 0 Å². The number of hydrogen-bond donors (Lipinski definition) is 0. The van der Waals surface area contributed by atoms with Gasteiger partial charge in [0.25, 0.3) is 0 Å². The van der Waals surface area contributed by atoms with Gasteiger partial charge >= 0.3 is 0 Å². The summed E-state index contributed by atoms with van der Waals surface area (Å²) in [4.78, 5) is 15.5.